The first-order valence-corrected chi connectivity index (χ1v) is 7.21. The van der Waals surface area contributed by atoms with E-state index < -0.39 is 0 Å². The molecule has 1 aromatic heterocycles. The van der Waals surface area contributed by atoms with Gasteiger partial charge in [-0.3, -0.25) is 4.79 Å². The van der Waals surface area contributed by atoms with Crippen molar-refractivity contribution in [2.75, 3.05) is 19.3 Å². The van der Waals surface area contributed by atoms with E-state index in [1.807, 2.05) is 6.26 Å². The van der Waals surface area contributed by atoms with Crippen molar-refractivity contribution in [1.29, 1.82) is 0 Å². The number of thioether (sulfide) groups is 1. The Labute approximate surface area is 115 Å². The highest BCUT2D eigenvalue weighted by Gasteiger charge is 2.39. The van der Waals surface area contributed by atoms with Crippen LogP contribution in [0.1, 0.15) is 23.4 Å². The lowest BCUT2D eigenvalue weighted by atomic mass is 9.94. The number of nitrogens with zero attached hydrogens (tertiary/aromatic N) is 2. The molecule has 0 aromatic carbocycles. The summed E-state index contributed by atoms with van der Waals surface area (Å²) in [6, 6.07) is 3.35. The van der Waals surface area contributed by atoms with E-state index in [2.05, 4.69) is 5.16 Å². The maximum Gasteiger partial charge on any atom is 0.289 e. The predicted molar refractivity (Wildman–Crippen MR) is 73.5 cm³/mol. The highest BCUT2D eigenvalue weighted by atomic mass is 32.2. The fraction of sp³-hybridized carbons (Fsp3) is 0.500. The van der Waals surface area contributed by atoms with Gasteiger partial charge in [0.25, 0.3) is 5.91 Å². The Bertz CT molecular complexity index is 465. The van der Waals surface area contributed by atoms with Crippen LogP contribution < -0.4 is 5.73 Å². The van der Waals surface area contributed by atoms with Crippen molar-refractivity contribution in [2.24, 2.45) is 10.9 Å². The molecule has 1 fully saturated rings. The summed E-state index contributed by atoms with van der Waals surface area (Å²) in [6.45, 7) is 1.13. The van der Waals surface area contributed by atoms with Crippen molar-refractivity contribution in [3.63, 3.8) is 0 Å². The molecule has 0 unspecified atom stereocenters. The molecule has 0 radical (unpaired) electrons. The molecule has 7 heteroatoms. The summed E-state index contributed by atoms with van der Waals surface area (Å²) in [5, 5.41) is 12.0. The Kier molecular flexibility index (Phi) is 4.04. The van der Waals surface area contributed by atoms with Crippen LogP contribution in [0.2, 0.25) is 0 Å². The van der Waals surface area contributed by atoms with E-state index in [0.717, 1.165) is 0 Å². The molecule has 1 aliphatic rings. The Balaban J connectivity index is 2.04. The number of hydrogen-bond donors (Lipinski definition) is 2. The quantitative estimate of drug-likeness (QED) is 0.378. The van der Waals surface area contributed by atoms with Gasteiger partial charge in [-0.15, -0.1) is 0 Å². The molecular weight excluding hydrogens is 266 g/mol. The molecule has 6 nitrogen and oxygen atoms in total. The van der Waals surface area contributed by atoms with Gasteiger partial charge >= 0.3 is 0 Å². The third-order valence-electron chi connectivity index (χ3n) is 3.56. The normalized spacial score (nSPS) is 19.4. The van der Waals surface area contributed by atoms with Gasteiger partial charge in [0, 0.05) is 13.1 Å². The van der Waals surface area contributed by atoms with Gasteiger partial charge in [-0.25, -0.2) is 0 Å². The van der Waals surface area contributed by atoms with Crippen molar-refractivity contribution >= 4 is 23.5 Å². The van der Waals surface area contributed by atoms with E-state index in [0.29, 0.717) is 31.7 Å². The fourth-order valence-electron chi connectivity index (χ4n) is 2.28. The number of likely N-dealkylation sites (tertiary alicyclic amines) is 1. The summed E-state index contributed by atoms with van der Waals surface area (Å²) in [5.74, 6) is 0.463. The first-order chi connectivity index (χ1) is 9.13. The standard InChI is InChI=1S/C12H17N3O3S/c1-19-12(11(13)14-17)4-6-15(7-5-12)10(16)9-3-2-8-18-9/h2-3,8,17H,4-7H2,1H3,(H2,13,14). The summed E-state index contributed by atoms with van der Waals surface area (Å²) >= 11 is 1.56. The van der Waals surface area contributed by atoms with Crippen molar-refractivity contribution in [3.05, 3.63) is 24.2 Å². The molecule has 0 atom stereocenters. The Hall–Kier alpha value is -1.63. The Morgan fingerprint density at radius 3 is 2.74 bits per heavy atom. The second-order valence-corrected chi connectivity index (χ2v) is 5.64. The minimum absolute atomic E-state index is 0.112. The summed E-state index contributed by atoms with van der Waals surface area (Å²) < 4.78 is 4.73. The number of amides is 1. The van der Waals surface area contributed by atoms with Gasteiger partial charge < -0.3 is 20.3 Å². The van der Waals surface area contributed by atoms with Gasteiger partial charge in [0.05, 0.1) is 11.0 Å². The van der Waals surface area contributed by atoms with Crippen LogP contribution in [0.4, 0.5) is 0 Å². The maximum atomic E-state index is 12.1. The minimum Gasteiger partial charge on any atom is -0.459 e. The molecule has 1 aliphatic heterocycles. The SMILES string of the molecule is CSC1(C(N)=NO)CCN(C(=O)c2ccco2)CC1. The van der Waals surface area contributed by atoms with Gasteiger partial charge in [0.1, 0.15) is 0 Å². The molecule has 3 N–H and O–H groups in total. The zero-order valence-corrected chi connectivity index (χ0v) is 11.5. The molecular formula is C12H17N3O3S. The first kappa shape index (κ1) is 13.8. The lowest BCUT2D eigenvalue weighted by molar-refractivity contribution is 0.0685. The monoisotopic (exact) mass is 283 g/mol. The number of piperidine rings is 1. The zero-order chi connectivity index (χ0) is 13.9. The molecule has 2 rings (SSSR count). The van der Waals surface area contributed by atoms with Gasteiger partial charge in [0.2, 0.25) is 0 Å². The molecule has 1 saturated heterocycles. The lowest BCUT2D eigenvalue weighted by Crippen LogP contribution is -2.51. The molecule has 0 saturated carbocycles. The van der Waals surface area contributed by atoms with E-state index in [9.17, 15) is 4.79 Å². The molecule has 0 spiro atoms. The van der Waals surface area contributed by atoms with Crippen LogP contribution in [0.15, 0.2) is 28.0 Å². The smallest absolute Gasteiger partial charge is 0.289 e. The predicted octanol–water partition coefficient (Wildman–Crippen LogP) is 1.36. The van der Waals surface area contributed by atoms with Crippen LogP contribution in [0.5, 0.6) is 0 Å². The van der Waals surface area contributed by atoms with Crippen LogP contribution in [-0.2, 0) is 0 Å². The van der Waals surface area contributed by atoms with Crippen molar-refractivity contribution in [2.45, 2.75) is 17.6 Å². The summed E-state index contributed by atoms with van der Waals surface area (Å²) in [6.07, 6.45) is 4.74. The van der Waals surface area contributed by atoms with Crippen LogP contribution >= 0.6 is 11.8 Å². The second kappa shape index (κ2) is 5.56. The minimum atomic E-state index is -0.380. The largest absolute Gasteiger partial charge is 0.459 e. The number of carbonyl (C=O) groups excluding carboxylic acids is 1. The van der Waals surface area contributed by atoms with E-state index in [4.69, 9.17) is 15.4 Å². The van der Waals surface area contributed by atoms with Crippen molar-refractivity contribution in [3.8, 4) is 0 Å². The Morgan fingerprint density at radius 1 is 1.58 bits per heavy atom. The molecule has 104 valence electrons. The number of rotatable bonds is 3. The zero-order valence-electron chi connectivity index (χ0n) is 10.7. The highest BCUT2D eigenvalue weighted by molar-refractivity contribution is 8.00. The maximum absolute atomic E-state index is 12.1. The van der Waals surface area contributed by atoms with E-state index in [1.54, 1.807) is 28.8 Å². The van der Waals surface area contributed by atoms with Crippen molar-refractivity contribution < 1.29 is 14.4 Å². The van der Waals surface area contributed by atoms with Crippen molar-refractivity contribution in [1.82, 2.24) is 4.90 Å². The van der Waals surface area contributed by atoms with Crippen LogP contribution in [0, 0.1) is 0 Å². The molecule has 19 heavy (non-hydrogen) atoms. The van der Waals surface area contributed by atoms with Crippen LogP contribution in [0.3, 0.4) is 0 Å². The third-order valence-corrected chi connectivity index (χ3v) is 4.95. The van der Waals surface area contributed by atoms with E-state index in [1.165, 1.54) is 6.26 Å². The summed E-state index contributed by atoms with van der Waals surface area (Å²) in [7, 11) is 0. The number of amidine groups is 1. The van der Waals surface area contributed by atoms with Gasteiger partial charge in [-0.05, 0) is 31.2 Å². The third kappa shape index (κ3) is 2.56. The number of nitrogens with two attached hydrogens (primary N) is 1. The topological polar surface area (TPSA) is 92.1 Å². The van der Waals surface area contributed by atoms with Crippen LogP contribution in [0.25, 0.3) is 0 Å². The summed E-state index contributed by atoms with van der Waals surface area (Å²) in [4.78, 5) is 13.8. The Morgan fingerprint density at radius 2 is 2.26 bits per heavy atom. The van der Waals surface area contributed by atoms with Gasteiger partial charge in [-0.1, -0.05) is 5.16 Å². The average molecular weight is 283 g/mol. The molecule has 0 bridgehead atoms. The number of furan rings is 1. The first-order valence-electron chi connectivity index (χ1n) is 5.99. The fourth-order valence-corrected chi connectivity index (χ4v) is 3.12. The van der Waals surface area contributed by atoms with Crippen LogP contribution in [-0.4, -0.2) is 45.9 Å². The average Bonchev–Trinajstić information content (AvgIpc) is 3.00. The second-order valence-electron chi connectivity index (χ2n) is 4.45. The molecule has 0 aliphatic carbocycles. The highest BCUT2D eigenvalue weighted by Crippen LogP contribution is 2.35. The molecule has 1 amide bonds. The number of hydrogen-bond acceptors (Lipinski definition) is 5. The van der Waals surface area contributed by atoms with Gasteiger partial charge in [-0.2, -0.15) is 11.8 Å². The summed E-state index contributed by atoms with van der Waals surface area (Å²) in [5.41, 5.74) is 5.77. The van der Waals surface area contributed by atoms with E-state index in [-0.39, 0.29) is 16.5 Å². The van der Waals surface area contributed by atoms with E-state index >= 15 is 0 Å². The lowest BCUT2D eigenvalue weighted by Gasteiger charge is -2.39. The van der Waals surface area contributed by atoms with Gasteiger partial charge in [0.15, 0.2) is 11.6 Å². The molecule has 1 aromatic rings. The number of carbonyl (C=O) groups is 1. The molecule has 2 heterocycles. The number of oxime groups is 1.